The van der Waals surface area contributed by atoms with Crippen LogP contribution in [0.4, 0.5) is 0 Å². The summed E-state index contributed by atoms with van der Waals surface area (Å²) in [4.78, 5) is 0. The highest BCUT2D eigenvalue weighted by atomic mass is 35.5. The van der Waals surface area contributed by atoms with Gasteiger partial charge in [-0.05, 0) is 18.1 Å². The van der Waals surface area contributed by atoms with Gasteiger partial charge in [0.1, 0.15) is 5.75 Å². The fraction of sp³-hybridized carbons (Fsp3) is 0.400. The van der Waals surface area contributed by atoms with Crippen molar-refractivity contribution in [3.05, 3.63) is 28.2 Å². The molecule has 1 aromatic carbocycles. The molecule has 0 saturated heterocycles. The molecule has 0 spiro atoms. The minimum atomic E-state index is 0.509. The molecule has 3 heteroatoms. The highest BCUT2D eigenvalue weighted by Gasteiger charge is 2.00. The van der Waals surface area contributed by atoms with Crippen LogP contribution in [0, 0.1) is 5.92 Å². The second kappa shape index (κ2) is 4.73. The minimum absolute atomic E-state index is 0.509. The molecular weight excluding hydrogens is 207 g/mol. The zero-order valence-corrected chi connectivity index (χ0v) is 9.19. The van der Waals surface area contributed by atoms with Crippen molar-refractivity contribution >= 4 is 23.2 Å². The third-order valence-corrected chi connectivity index (χ3v) is 2.21. The lowest BCUT2D eigenvalue weighted by Crippen LogP contribution is -2.04. The monoisotopic (exact) mass is 218 g/mol. The molecule has 0 atom stereocenters. The normalized spacial score (nSPS) is 10.5. The summed E-state index contributed by atoms with van der Waals surface area (Å²) in [5.41, 5.74) is 0. The van der Waals surface area contributed by atoms with Crippen LogP contribution in [0.1, 0.15) is 13.8 Å². The van der Waals surface area contributed by atoms with Gasteiger partial charge in [0.15, 0.2) is 0 Å². The molecule has 1 rings (SSSR count). The van der Waals surface area contributed by atoms with Crippen LogP contribution in [0.25, 0.3) is 0 Å². The van der Waals surface area contributed by atoms with Crippen LogP contribution in [0.15, 0.2) is 18.2 Å². The van der Waals surface area contributed by atoms with Gasteiger partial charge in [0.05, 0.1) is 16.7 Å². The quantitative estimate of drug-likeness (QED) is 0.745. The van der Waals surface area contributed by atoms with Crippen molar-refractivity contribution in [1.29, 1.82) is 0 Å². The number of hydrogen-bond donors (Lipinski definition) is 0. The van der Waals surface area contributed by atoms with Crippen LogP contribution >= 0.6 is 23.2 Å². The van der Waals surface area contributed by atoms with E-state index in [0.717, 1.165) is 5.75 Å². The van der Waals surface area contributed by atoms with Gasteiger partial charge in [-0.3, -0.25) is 0 Å². The van der Waals surface area contributed by atoms with E-state index in [1.54, 1.807) is 12.1 Å². The SMILES string of the molecule is CC(C)COc1ccc(Cl)c(Cl)c1. The van der Waals surface area contributed by atoms with Crippen LogP contribution in [0.3, 0.4) is 0 Å². The Morgan fingerprint density at radius 2 is 1.92 bits per heavy atom. The van der Waals surface area contributed by atoms with Gasteiger partial charge in [-0.15, -0.1) is 0 Å². The van der Waals surface area contributed by atoms with Gasteiger partial charge in [-0.25, -0.2) is 0 Å². The van der Waals surface area contributed by atoms with Crippen LogP contribution in [-0.2, 0) is 0 Å². The summed E-state index contributed by atoms with van der Waals surface area (Å²) in [5, 5.41) is 1.08. The van der Waals surface area contributed by atoms with E-state index in [2.05, 4.69) is 13.8 Å². The van der Waals surface area contributed by atoms with Gasteiger partial charge in [0.2, 0.25) is 0 Å². The molecule has 0 aliphatic heterocycles. The molecule has 1 nitrogen and oxygen atoms in total. The molecule has 0 saturated carbocycles. The van der Waals surface area contributed by atoms with Gasteiger partial charge in [0, 0.05) is 6.07 Å². The third kappa shape index (κ3) is 3.45. The molecule has 0 aromatic heterocycles. The maximum absolute atomic E-state index is 5.82. The molecule has 0 fully saturated rings. The van der Waals surface area contributed by atoms with E-state index in [4.69, 9.17) is 27.9 Å². The van der Waals surface area contributed by atoms with E-state index in [0.29, 0.717) is 22.6 Å². The molecule has 1 aromatic rings. The zero-order valence-electron chi connectivity index (χ0n) is 7.68. The molecule has 0 unspecified atom stereocenters. The van der Waals surface area contributed by atoms with Crippen LogP contribution in [0.5, 0.6) is 5.75 Å². The molecule has 0 N–H and O–H groups in total. The topological polar surface area (TPSA) is 9.23 Å². The number of rotatable bonds is 3. The van der Waals surface area contributed by atoms with E-state index in [1.807, 2.05) is 6.07 Å². The first-order valence-corrected chi connectivity index (χ1v) is 4.93. The summed E-state index contributed by atoms with van der Waals surface area (Å²) in [5.74, 6) is 1.28. The lowest BCUT2D eigenvalue weighted by Gasteiger charge is -2.08. The molecular formula is C10H12Cl2O. The molecule has 0 aliphatic carbocycles. The third-order valence-electron chi connectivity index (χ3n) is 1.47. The second-order valence-corrected chi connectivity index (χ2v) is 4.10. The van der Waals surface area contributed by atoms with Crippen LogP contribution < -0.4 is 4.74 Å². The van der Waals surface area contributed by atoms with E-state index >= 15 is 0 Å². The minimum Gasteiger partial charge on any atom is -0.493 e. The van der Waals surface area contributed by atoms with Crippen molar-refractivity contribution in [3.8, 4) is 5.75 Å². The average molecular weight is 219 g/mol. The first-order chi connectivity index (χ1) is 6.09. The molecule has 0 radical (unpaired) electrons. The predicted molar refractivity (Wildman–Crippen MR) is 56.8 cm³/mol. The lowest BCUT2D eigenvalue weighted by atomic mass is 10.2. The highest BCUT2D eigenvalue weighted by Crippen LogP contribution is 2.26. The second-order valence-electron chi connectivity index (χ2n) is 3.28. The van der Waals surface area contributed by atoms with Crippen LogP contribution in [-0.4, -0.2) is 6.61 Å². The summed E-state index contributed by atoms with van der Waals surface area (Å²) in [7, 11) is 0. The molecule has 13 heavy (non-hydrogen) atoms. The fourth-order valence-electron chi connectivity index (χ4n) is 0.830. The van der Waals surface area contributed by atoms with Crippen molar-refractivity contribution < 1.29 is 4.74 Å². The molecule has 72 valence electrons. The van der Waals surface area contributed by atoms with Crippen molar-refractivity contribution in [1.82, 2.24) is 0 Å². The van der Waals surface area contributed by atoms with Gasteiger partial charge >= 0.3 is 0 Å². The van der Waals surface area contributed by atoms with Crippen molar-refractivity contribution in [3.63, 3.8) is 0 Å². The zero-order chi connectivity index (χ0) is 9.84. The first-order valence-electron chi connectivity index (χ1n) is 4.17. The number of benzene rings is 1. The van der Waals surface area contributed by atoms with E-state index in [-0.39, 0.29) is 0 Å². The Bertz CT molecular complexity index is 284. The standard InChI is InChI=1S/C10H12Cl2O/c1-7(2)6-13-8-3-4-9(11)10(12)5-8/h3-5,7H,6H2,1-2H3. The highest BCUT2D eigenvalue weighted by molar-refractivity contribution is 6.42. The maximum atomic E-state index is 5.82. The largest absolute Gasteiger partial charge is 0.493 e. The molecule has 0 bridgehead atoms. The van der Waals surface area contributed by atoms with Gasteiger partial charge in [-0.2, -0.15) is 0 Å². The van der Waals surface area contributed by atoms with E-state index in [9.17, 15) is 0 Å². The Morgan fingerprint density at radius 1 is 1.23 bits per heavy atom. The van der Waals surface area contributed by atoms with Gasteiger partial charge < -0.3 is 4.74 Å². The summed E-state index contributed by atoms with van der Waals surface area (Å²) in [6, 6.07) is 5.28. The van der Waals surface area contributed by atoms with Crippen LogP contribution in [0.2, 0.25) is 10.0 Å². The van der Waals surface area contributed by atoms with Gasteiger partial charge in [0.25, 0.3) is 0 Å². The fourth-order valence-corrected chi connectivity index (χ4v) is 1.12. The summed E-state index contributed by atoms with van der Waals surface area (Å²) in [6.45, 7) is 4.88. The van der Waals surface area contributed by atoms with E-state index < -0.39 is 0 Å². The average Bonchev–Trinajstić information content (AvgIpc) is 2.07. The maximum Gasteiger partial charge on any atom is 0.120 e. The van der Waals surface area contributed by atoms with E-state index in [1.165, 1.54) is 0 Å². The molecule has 0 heterocycles. The summed E-state index contributed by atoms with van der Waals surface area (Å²) in [6.07, 6.45) is 0. The van der Waals surface area contributed by atoms with Crippen molar-refractivity contribution in [2.24, 2.45) is 5.92 Å². The Labute approximate surface area is 88.6 Å². The Balaban J connectivity index is 2.63. The number of ether oxygens (including phenoxy) is 1. The van der Waals surface area contributed by atoms with Crippen molar-refractivity contribution in [2.45, 2.75) is 13.8 Å². The summed E-state index contributed by atoms with van der Waals surface area (Å²) >= 11 is 11.6. The van der Waals surface area contributed by atoms with Crippen molar-refractivity contribution in [2.75, 3.05) is 6.61 Å². The first kappa shape index (κ1) is 10.7. The Hall–Kier alpha value is -0.400. The number of halogens is 2. The summed E-state index contributed by atoms with van der Waals surface area (Å²) < 4.78 is 5.46. The number of hydrogen-bond acceptors (Lipinski definition) is 1. The predicted octanol–water partition coefficient (Wildman–Crippen LogP) is 4.03. The van der Waals surface area contributed by atoms with Gasteiger partial charge in [-0.1, -0.05) is 37.0 Å². The smallest absolute Gasteiger partial charge is 0.120 e. The molecule has 0 aliphatic rings. The Morgan fingerprint density at radius 3 is 2.46 bits per heavy atom. The molecule has 0 amide bonds. The Kier molecular flexibility index (Phi) is 3.89. The lowest BCUT2D eigenvalue weighted by molar-refractivity contribution is 0.271.